The minimum Gasteiger partial charge on any atom is -0.492 e. The number of aromatic amines is 2. The number of anilines is 1. The van der Waals surface area contributed by atoms with Gasteiger partial charge in [0.1, 0.15) is 35.6 Å². The minimum absolute atomic E-state index is 0.246. The fourth-order valence-electron chi connectivity index (χ4n) is 9.44. The number of nitrogens with one attached hydrogen (secondary N) is 3. The molecule has 17 heteroatoms. The van der Waals surface area contributed by atoms with Crippen molar-refractivity contribution in [3.05, 3.63) is 150 Å². The summed E-state index contributed by atoms with van der Waals surface area (Å²) in [6.45, 7) is 8.10. The van der Waals surface area contributed by atoms with E-state index >= 15 is 0 Å². The molecule has 5 heterocycles. The van der Waals surface area contributed by atoms with Gasteiger partial charge in [-0.15, -0.1) is 10.2 Å². The number of ether oxygens (including phenoxy) is 2. The Hall–Kier alpha value is -8.31. The van der Waals surface area contributed by atoms with Gasteiger partial charge in [-0.2, -0.15) is 5.21 Å². The van der Waals surface area contributed by atoms with Crippen molar-refractivity contribution in [3.63, 3.8) is 0 Å². The van der Waals surface area contributed by atoms with E-state index in [0.717, 1.165) is 114 Å². The van der Waals surface area contributed by atoms with Gasteiger partial charge in [0, 0.05) is 49.9 Å². The van der Waals surface area contributed by atoms with Crippen LogP contribution in [0.15, 0.2) is 121 Å². The lowest BCUT2D eigenvalue weighted by Crippen LogP contribution is -2.25. The third kappa shape index (κ3) is 9.25. The standard InChI is InChI=1S/C55H52N12O4S/c1-6-9-49-59-50-32(2)26-37(28-47(50)67(49)31-35-12-16-36(17-13-35)41-10-7-8-11-42(41)52-61-63-64-62-52)53-58-44-22-18-38(29-46(44)66(53)5)65(4)24-25-70-40-21-23-43-45(30-40)57-51(56-43)33(3)71-39-19-14-34(15-20-39)27-48-54(68)60-55(69)72-48/h7-8,10-23,26,28-30,33,48H,6,9,24-25,27,31H2,1-5H3,(H,56,57)(H,60,68,69)(H,61,62,63,64). The molecule has 0 radical (unpaired) electrons. The summed E-state index contributed by atoms with van der Waals surface area (Å²) >= 11 is 1.03. The maximum absolute atomic E-state index is 12.0. The molecular formula is C55H52N12O4S. The normalized spacial score (nSPS) is 14.2. The summed E-state index contributed by atoms with van der Waals surface area (Å²) in [5.41, 5.74) is 14.2. The number of likely N-dealkylation sites (N-methyl/N-ethyl adjacent to an activating group) is 1. The highest BCUT2D eigenvalue weighted by Crippen LogP contribution is 2.34. The van der Waals surface area contributed by atoms with Crippen LogP contribution in [-0.2, 0) is 31.2 Å². The Balaban J connectivity index is 0.751. The third-order valence-corrected chi connectivity index (χ3v) is 14.2. The van der Waals surface area contributed by atoms with Crippen LogP contribution in [0.1, 0.15) is 54.7 Å². The first-order valence-electron chi connectivity index (χ1n) is 24.0. The smallest absolute Gasteiger partial charge is 0.286 e. The number of nitrogens with zero attached hydrogens (tertiary/aromatic N) is 9. The average molecular weight is 977 g/mol. The number of fused-ring (bicyclic) bond motifs is 3. The van der Waals surface area contributed by atoms with E-state index in [-0.39, 0.29) is 17.3 Å². The molecule has 0 saturated carbocycles. The van der Waals surface area contributed by atoms with Crippen LogP contribution >= 0.6 is 11.8 Å². The summed E-state index contributed by atoms with van der Waals surface area (Å²) in [4.78, 5) is 44.3. The van der Waals surface area contributed by atoms with Crippen LogP contribution in [0.25, 0.3) is 67.0 Å². The van der Waals surface area contributed by atoms with E-state index in [1.165, 1.54) is 5.56 Å². The average Bonchev–Trinajstić information content (AvgIpc) is 4.25. The molecule has 1 saturated heterocycles. The molecule has 4 aromatic heterocycles. The number of H-pyrrole nitrogens is 2. The minimum atomic E-state index is -0.410. The number of rotatable bonds is 17. The molecule has 3 N–H and O–H groups in total. The lowest BCUT2D eigenvalue weighted by Gasteiger charge is -2.19. The van der Waals surface area contributed by atoms with Crippen LogP contribution in [0, 0.1) is 6.92 Å². The van der Waals surface area contributed by atoms with Crippen LogP contribution in [0.4, 0.5) is 10.5 Å². The maximum atomic E-state index is 12.0. The van der Waals surface area contributed by atoms with Gasteiger partial charge in [0.15, 0.2) is 6.10 Å². The first kappa shape index (κ1) is 46.1. The van der Waals surface area contributed by atoms with Crippen LogP contribution in [-0.4, -0.2) is 86.3 Å². The quantitative estimate of drug-likeness (QED) is 0.0785. The largest absolute Gasteiger partial charge is 0.492 e. The Kier molecular flexibility index (Phi) is 12.5. The molecule has 1 fully saturated rings. The van der Waals surface area contributed by atoms with Gasteiger partial charge in [-0.05, 0) is 114 Å². The number of imide groups is 1. The first-order chi connectivity index (χ1) is 35.0. The fourth-order valence-corrected chi connectivity index (χ4v) is 10.3. The van der Waals surface area contributed by atoms with E-state index in [9.17, 15) is 9.59 Å². The number of carbonyl (C=O) groups excluding carboxylic acids is 2. The predicted octanol–water partition coefficient (Wildman–Crippen LogP) is 10.2. The van der Waals surface area contributed by atoms with Crippen molar-refractivity contribution in [1.29, 1.82) is 0 Å². The Bertz CT molecular complexity index is 3620. The zero-order valence-corrected chi connectivity index (χ0v) is 41.3. The number of aromatic nitrogens is 10. The van der Waals surface area contributed by atoms with E-state index in [4.69, 9.17) is 24.4 Å². The van der Waals surface area contributed by atoms with Crippen molar-refractivity contribution in [2.75, 3.05) is 25.1 Å². The van der Waals surface area contributed by atoms with Gasteiger partial charge in [-0.1, -0.05) is 79.3 Å². The van der Waals surface area contributed by atoms with Crippen molar-refractivity contribution in [3.8, 4) is 45.4 Å². The van der Waals surface area contributed by atoms with E-state index < -0.39 is 5.25 Å². The van der Waals surface area contributed by atoms with Gasteiger partial charge in [0.2, 0.25) is 11.7 Å². The molecule has 16 nitrogen and oxygen atoms in total. The highest BCUT2D eigenvalue weighted by atomic mass is 32.2. The second kappa shape index (κ2) is 19.5. The molecule has 2 amide bonds. The summed E-state index contributed by atoms with van der Waals surface area (Å²) in [6, 6.07) is 41.1. The lowest BCUT2D eigenvalue weighted by atomic mass is 9.98. The Labute approximate surface area is 419 Å². The van der Waals surface area contributed by atoms with E-state index in [0.29, 0.717) is 43.5 Å². The van der Waals surface area contributed by atoms with Gasteiger partial charge < -0.3 is 28.5 Å². The number of hydrogen-bond donors (Lipinski definition) is 3. The Morgan fingerprint density at radius 3 is 2.36 bits per heavy atom. The van der Waals surface area contributed by atoms with Crippen LogP contribution in [0.5, 0.6) is 11.5 Å². The molecule has 1 aliphatic heterocycles. The number of imidazole rings is 3. The highest BCUT2D eigenvalue weighted by molar-refractivity contribution is 8.15. The van der Waals surface area contributed by atoms with Crippen molar-refractivity contribution < 1.29 is 19.1 Å². The molecule has 0 aliphatic carbocycles. The molecule has 11 rings (SSSR count). The highest BCUT2D eigenvalue weighted by Gasteiger charge is 2.31. The number of carbonyl (C=O) groups is 2. The Morgan fingerprint density at radius 1 is 0.819 bits per heavy atom. The molecule has 0 spiro atoms. The van der Waals surface area contributed by atoms with Gasteiger partial charge >= 0.3 is 0 Å². The summed E-state index contributed by atoms with van der Waals surface area (Å²) < 4.78 is 17.0. The molecule has 362 valence electrons. The van der Waals surface area contributed by atoms with Gasteiger partial charge in [-0.3, -0.25) is 14.9 Å². The number of benzene rings is 6. The monoisotopic (exact) mass is 976 g/mol. The predicted molar refractivity (Wildman–Crippen MR) is 281 cm³/mol. The van der Waals surface area contributed by atoms with Crippen LogP contribution < -0.4 is 19.7 Å². The van der Waals surface area contributed by atoms with Crippen LogP contribution in [0.3, 0.4) is 0 Å². The number of hydrogen-bond acceptors (Lipinski definition) is 12. The zero-order valence-electron chi connectivity index (χ0n) is 40.5. The third-order valence-electron chi connectivity index (χ3n) is 13.3. The lowest BCUT2D eigenvalue weighted by molar-refractivity contribution is -0.118. The van der Waals surface area contributed by atoms with Crippen molar-refractivity contribution >= 4 is 61.7 Å². The summed E-state index contributed by atoms with van der Waals surface area (Å²) in [5, 5.41) is 16.4. The molecule has 2 unspecified atom stereocenters. The molecule has 72 heavy (non-hydrogen) atoms. The number of amides is 2. The summed E-state index contributed by atoms with van der Waals surface area (Å²) in [7, 11) is 4.16. The summed E-state index contributed by atoms with van der Waals surface area (Å²) in [6.07, 6.45) is 1.99. The van der Waals surface area contributed by atoms with Gasteiger partial charge in [0.05, 0.1) is 44.9 Å². The second-order valence-electron chi connectivity index (χ2n) is 18.2. The SMILES string of the molecule is CCCc1nc2c(C)cc(-c3nc4ccc(N(C)CCOc5ccc6nc(C(C)Oc7ccc(CC8SC(=O)NC8=O)cc7)[nH]c6c5)cc4n3C)cc2n1Cc1ccc(-c2ccccc2-c2nn[nH]n2)cc1. The van der Waals surface area contributed by atoms with Gasteiger partial charge in [0.25, 0.3) is 5.24 Å². The van der Waals surface area contributed by atoms with E-state index in [1.807, 2.05) is 67.6 Å². The van der Waals surface area contributed by atoms with Crippen molar-refractivity contribution in [1.82, 2.24) is 55.0 Å². The Morgan fingerprint density at radius 2 is 1.60 bits per heavy atom. The number of thioether (sulfide) groups is 1. The number of tetrazole rings is 1. The zero-order chi connectivity index (χ0) is 49.5. The van der Waals surface area contributed by atoms with Crippen LogP contribution in [0.2, 0.25) is 0 Å². The van der Waals surface area contributed by atoms with Gasteiger partial charge in [-0.25, -0.2) is 15.0 Å². The molecule has 6 aromatic carbocycles. The fraction of sp³-hybridized carbons (Fsp3) is 0.236. The second-order valence-corrected chi connectivity index (χ2v) is 19.4. The van der Waals surface area contributed by atoms with Crippen molar-refractivity contribution in [2.45, 2.75) is 57.9 Å². The molecule has 0 bridgehead atoms. The number of aryl methyl sites for hydroxylation is 3. The van der Waals surface area contributed by atoms with Crippen molar-refractivity contribution in [2.24, 2.45) is 7.05 Å². The molecular weight excluding hydrogens is 925 g/mol. The summed E-state index contributed by atoms with van der Waals surface area (Å²) in [5.74, 6) is 4.40. The van der Waals surface area contributed by atoms with E-state index in [1.54, 1.807) is 0 Å². The topological polar surface area (TPSA) is 187 Å². The molecule has 1 aliphatic rings. The first-order valence-corrected chi connectivity index (χ1v) is 24.9. The van der Waals surface area contributed by atoms with E-state index in [2.05, 4.69) is 134 Å². The molecule has 10 aromatic rings. The molecule has 2 atom stereocenters. The maximum Gasteiger partial charge on any atom is 0.286 e.